The zero-order valence-corrected chi connectivity index (χ0v) is 19.3. The predicted octanol–water partition coefficient (Wildman–Crippen LogP) is 6.12. The van der Waals surface area contributed by atoms with Gasteiger partial charge in [0.2, 0.25) is 0 Å². The van der Waals surface area contributed by atoms with E-state index in [0.29, 0.717) is 11.5 Å². The molecule has 2 aromatic carbocycles. The largest absolute Gasteiger partial charge is 0.490 e. The molecule has 1 aliphatic heterocycles. The van der Waals surface area contributed by atoms with E-state index in [1.165, 1.54) is 29.2 Å². The molecule has 1 saturated heterocycles. The molecule has 1 heterocycles. The lowest BCUT2D eigenvalue weighted by atomic mass is 9.72. The standard InChI is InChI=1S/C27H37NO3/c1-27(2,3)22-7-9-23(10-8-22)31-24-11-12-25-20(17-24)5-4-6-21(25)18-28-15-13-19(14-16-28)26(29)30/h4-6,11-12,17,19,22-23H,7-10,13-16,18H2,1-3H3,(H,29,30). The van der Waals surface area contributed by atoms with Gasteiger partial charge >= 0.3 is 5.97 Å². The van der Waals surface area contributed by atoms with Crippen molar-refractivity contribution in [1.82, 2.24) is 4.90 Å². The van der Waals surface area contributed by atoms with E-state index in [4.69, 9.17) is 4.74 Å². The zero-order valence-electron chi connectivity index (χ0n) is 19.3. The highest BCUT2D eigenvalue weighted by atomic mass is 16.5. The quantitative estimate of drug-likeness (QED) is 0.629. The van der Waals surface area contributed by atoms with Crippen LogP contribution in [-0.2, 0) is 11.3 Å². The number of piperidine rings is 1. The van der Waals surface area contributed by atoms with Crippen LogP contribution in [0.5, 0.6) is 5.75 Å². The number of carbonyl (C=O) groups is 1. The maximum Gasteiger partial charge on any atom is 0.306 e. The summed E-state index contributed by atoms with van der Waals surface area (Å²) in [6, 6.07) is 13.0. The highest BCUT2D eigenvalue weighted by Crippen LogP contribution is 2.39. The van der Waals surface area contributed by atoms with Crippen LogP contribution in [0.3, 0.4) is 0 Å². The number of nitrogens with zero attached hydrogens (tertiary/aromatic N) is 1. The fourth-order valence-corrected chi connectivity index (χ4v) is 5.36. The first-order chi connectivity index (χ1) is 14.8. The van der Waals surface area contributed by atoms with Crippen molar-refractivity contribution in [2.75, 3.05) is 13.1 Å². The summed E-state index contributed by atoms with van der Waals surface area (Å²) in [5.41, 5.74) is 1.70. The van der Waals surface area contributed by atoms with Crippen molar-refractivity contribution in [2.45, 2.75) is 71.9 Å². The second kappa shape index (κ2) is 9.20. The summed E-state index contributed by atoms with van der Waals surface area (Å²) >= 11 is 0. The minimum absolute atomic E-state index is 0.179. The lowest BCUT2D eigenvalue weighted by Gasteiger charge is -2.37. The summed E-state index contributed by atoms with van der Waals surface area (Å²) in [5, 5.41) is 11.7. The van der Waals surface area contributed by atoms with E-state index in [9.17, 15) is 9.90 Å². The van der Waals surface area contributed by atoms with Crippen LogP contribution in [0.1, 0.15) is 64.9 Å². The van der Waals surface area contributed by atoms with Crippen LogP contribution >= 0.6 is 0 Å². The Balaban J connectivity index is 1.39. The number of benzene rings is 2. The molecule has 2 aliphatic rings. The van der Waals surface area contributed by atoms with E-state index in [2.05, 4.69) is 62.1 Å². The smallest absolute Gasteiger partial charge is 0.306 e. The Hall–Kier alpha value is -2.07. The van der Waals surface area contributed by atoms with Gasteiger partial charge in [-0.25, -0.2) is 0 Å². The Morgan fingerprint density at radius 1 is 1.03 bits per heavy atom. The number of rotatable bonds is 5. The summed E-state index contributed by atoms with van der Waals surface area (Å²) < 4.78 is 6.38. The van der Waals surface area contributed by atoms with Gasteiger partial charge in [0.15, 0.2) is 0 Å². The second-order valence-electron chi connectivity index (χ2n) is 10.6. The molecule has 0 bridgehead atoms. The second-order valence-corrected chi connectivity index (χ2v) is 10.6. The van der Waals surface area contributed by atoms with Gasteiger partial charge in [-0.15, -0.1) is 0 Å². The first-order valence-corrected chi connectivity index (χ1v) is 11.9. The molecule has 2 fully saturated rings. The Bertz CT molecular complexity index is 900. The number of likely N-dealkylation sites (tertiary alicyclic amines) is 1. The van der Waals surface area contributed by atoms with Crippen LogP contribution in [0, 0.1) is 17.3 Å². The van der Waals surface area contributed by atoms with E-state index in [1.54, 1.807) is 0 Å². The monoisotopic (exact) mass is 423 g/mol. The molecular weight excluding hydrogens is 386 g/mol. The average molecular weight is 424 g/mol. The van der Waals surface area contributed by atoms with Gasteiger partial charge in [0.05, 0.1) is 12.0 Å². The molecule has 4 rings (SSSR count). The lowest BCUT2D eigenvalue weighted by molar-refractivity contribution is -0.143. The molecule has 0 amide bonds. The Morgan fingerprint density at radius 3 is 2.39 bits per heavy atom. The maximum atomic E-state index is 11.2. The molecule has 2 aromatic rings. The van der Waals surface area contributed by atoms with Gasteiger partial charge in [-0.05, 0) is 91.4 Å². The molecular formula is C27H37NO3. The molecule has 1 saturated carbocycles. The molecule has 0 unspecified atom stereocenters. The summed E-state index contributed by atoms with van der Waals surface area (Å²) in [5.74, 6) is 0.949. The Morgan fingerprint density at radius 2 is 1.74 bits per heavy atom. The first-order valence-electron chi connectivity index (χ1n) is 11.9. The number of hydrogen-bond donors (Lipinski definition) is 1. The predicted molar refractivity (Wildman–Crippen MR) is 125 cm³/mol. The van der Waals surface area contributed by atoms with E-state index in [0.717, 1.165) is 57.0 Å². The third-order valence-electron chi connectivity index (χ3n) is 7.47. The van der Waals surface area contributed by atoms with Crippen molar-refractivity contribution in [3.8, 4) is 5.75 Å². The molecule has 0 aromatic heterocycles. The summed E-state index contributed by atoms with van der Waals surface area (Å²) in [6.07, 6.45) is 6.62. The van der Waals surface area contributed by atoms with Crippen LogP contribution < -0.4 is 4.74 Å². The number of carboxylic acids is 1. The van der Waals surface area contributed by atoms with E-state index in [1.807, 2.05) is 0 Å². The highest BCUT2D eigenvalue weighted by molar-refractivity contribution is 5.87. The van der Waals surface area contributed by atoms with E-state index in [-0.39, 0.29) is 5.92 Å². The van der Waals surface area contributed by atoms with E-state index >= 15 is 0 Å². The number of ether oxygens (including phenoxy) is 1. The SMILES string of the molecule is CC(C)(C)C1CCC(Oc2ccc3c(CN4CCC(C(=O)O)CC4)cccc3c2)CC1. The molecule has 168 valence electrons. The number of hydrogen-bond acceptors (Lipinski definition) is 3. The van der Waals surface area contributed by atoms with Gasteiger partial charge < -0.3 is 9.84 Å². The molecule has 4 heteroatoms. The van der Waals surface area contributed by atoms with Gasteiger partial charge in [-0.2, -0.15) is 0 Å². The molecule has 0 radical (unpaired) electrons. The van der Waals surface area contributed by atoms with Gasteiger partial charge in [0.1, 0.15) is 5.75 Å². The average Bonchev–Trinajstić information content (AvgIpc) is 2.74. The topological polar surface area (TPSA) is 49.8 Å². The van der Waals surface area contributed by atoms with Crippen molar-refractivity contribution in [2.24, 2.45) is 17.3 Å². The first kappa shape index (κ1) is 22.1. The van der Waals surface area contributed by atoms with Crippen molar-refractivity contribution in [3.63, 3.8) is 0 Å². The van der Waals surface area contributed by atoms with Gasteiger partial charge in [0.25, 0.3) is 0 Å². The number of aliphatic carboxylic acids is 1. The van der Waals surface area contributed by atoms with Gasteiger partial charge in [0, 0.05) is 6.54 Å². The Kier molecular flexibility index (Phi) is 6.57. The van der Waals surface area contributed by atoms with Crippen molar-refractivity contribution >= 4 is 16.7 Å². The van der Waals surface area contributed by atoms with E-state index < -0.39 is 5.97 Å². The number of carboxylic acid groups (broad SMARTS) is 1. The molecule has 31 heavy (non-hydrogen) atoms. The number of fused-ring (bicyclic) bond motifs is 1. The fourth-order valence-electron chi connectivity index (χ4n) is 5.36. The fraction of sp³-hybridized carbons (Fsp3) is 0.593. The molecule has 0 spiro atoms. The van der Waals surface area contributed by atoms with Crippen LogP contribution in [0.15, 0.2) is 36.4 Å². The molecule has 1 N–H and O–H groups in total. The third-order valence-corrected chi connectivity index (χ3v) is 7.47. The molecule has 4 nitrogen and oxygen atoms in total. The summed E-state index contributed by atoms with van der Waals surface area (Å²) in [6.45, 7) is 9.65. The summed E-state index contributed by atoms with van der Waals surface area (Å²) in [7, 11) is 0. The minimum Gasteiger partial charge on any atom is -0.490 e. The van der Waals surface area contributed by atoms with Gasteiger partial charge in [-0.3, -0.25) is 9.69 Å². The van der Waals surface area contributed by atoms with Crippen molar-refractivity contribution in [3.05, 3.63) is 42.0 Å². The summed E-state index contributed by atoms with van der Waals surface area (Å²) in [4.78, 5) is 13.6. The van der Waals surface area contributed by atoms with Crippen molar-refractivity contribution in [1.29, 1.82) is 0 Å². The van der Waals surface area contributed by atoms with Crippen LogP contribution in [0.2, 0.25) is 0 Å². The molecule has 0 atom stereocenters. The van der Waals surface area contributed by atoms with Crippen LogP contribution in [0.25, 0.3) is 10.8 Å². The zero-order chi connectivity index (χ0) is 22.0. The third kappa shape index (κ3) is 5.41. The normalized spacial score (nSPS) is 23.7. The maximum absolute atomic E-state index is 11.2. The van der Waals surface area contributed by atoms with Crippen molar-refractivity contribution < 1.29 is 14.6 Å². The Labute approximate surface area is 186 Å². The van der Waals surface area contributed by atoms with Crippen LogP contribution in [-0.4, -0.2) is 35.2 Å². The van der Waals surface area contributed by atoms with Crippen LogP contribution in [0.4, 0.5) is 0 Å². The van der Waals surface area contributed by atoms with Gasteiger partial charge in [-0.1, -0.05) is 45.0 Å². The lowest BCUT2D eigenvalue weighted by Crippen LogP contribution is -2.35. The highest BCUT2D eigenvalue weighted by Gasteiger charge is 2.30. The minimum atomic E-state index is -0.649. The molecule has 1 aliphatic carbocycles.